The van der Waals surface area contributed by atoms with Crippen LogP contribution >= 0.6 is 11.3 Å². The molecule has 19 heavy (non-hydrogen) atoms. The fourth-order valence-electron chi connectivity index (χ4n) is 1.82. The average molecular weight is 281 g/mol. The van der Waals surface area contributed by atoms with Crippen LogP contribution in [0, 0.1) is 5.92 Å². The highest BCUT2D eigenvalue weighted by Gasteiger charge is 2.32. The van der Waals surface area contributed by atoms with Gasteiger partial charge in [-0.2, -0.15) is 0 Å². The summed E-state index contributed by atoms with van der Waals surface area (Å²) >= 11 is 1.65. The largest absolute Gasteiger partial charge is 0.356 e. The van der Waals surface area contributed by atoms with Gasteiger partial charge >= 0.3 is 0 Å². The van der Waals surface area contributed by atoms with Gasteiger partial charge in [-0.3, -0.25) is 25.2 Å². The summed E-state index contributed by atoms with van der Waals surface area (Å²) in [6.07, 6.45) is 1.21. The van der Waals surface area contributed by atoms with Gasteiger partial charge in [-0.05, 0) is 24.3 Å². The molecular weight excluding hydrogens is 266 g/mol. The van der Waals surface area contributed by atoms with Gasteiger partial charge in [0.2, 0.25) is 5.91 Å². The molecule has 1 saturated heterocycles. The van der Waals surface area contributed by atoms with Crippen LogP contribution in [0.5, 0.6) is 0 Å². The molecule has 0 aliphatic carbocycles. The third-order valence-corrected chi connectivity index (χ3v) is 3.81. The molecule has 7 heteroatoms. The van der Waals surface area contributed by atoms with E-state index in [2.05, 4.69) is 16.2 Å². The second-order valence-electron chi connectivity index (χ2n) is 4.25. The van der Waals surface area contributed by atoms with Crippen molar-refractivity contribution in [3.63, 3.8) is 0 Å². The Kier molecular flexibility index (Phi) is 4.51. The summed E-state index contributed by atoms with van der Waals surface area (Å²) in [7, 11) is 0. The van der Waals surface area contributed by atoms with Gasteiger partial charge in [0, 0.05) is 17.8 Å². The van der Waals surface area contributed by atoms with E-state index in [1.807, 2.05) is 17.5 Å². The van der Waals surface area contributed by atoms with Crippen molar-refractivity contribution in [2.24, 2.45) is 5.92 Å². The zero-order valence-corrected chi connectivity index (χ0v) is 11.1. The Balaban J connectivity index is 1.64. The van der Waals surface area contributed by atoms with Crippen molar-refractivity contribution in [3.05, 3.63) is 22.4 Å². The van der Waals surface area contributed by atoms with E-state index in [1.165, 1.54) is 4.88 Å². The molecule has 3 N–H and O–H groups in total. The van der Waals surface area contributed by atoms with Crippen molar-refractivity contribution < 1.29 is 14.4 Å². The van der Waals surface area contributed by atoms with Crippen LogP contribution in [0.15, 0.2) is 17.5 Å². The van der Waals surface area contributed by atoms with Crippen LogP contribution in [0.1, 0.15) is 17.7 Å². The zero-order valence-electron chi connectivity index (χ0n) is 10.3. The topological polar surface area (TPSA) is 87.3 Å². The van der Waals surface area contributed by atoms with E-state index < -0.39 is 5.92 Å². The molecular formula is C12H15N3O3S. The number of hydrogen-bond donors (Lipinski definition) is 3. The zero-order chi connectivity index (χ0) is 13.7. The molecule has 0 bridgehead atoms. The van der Waals surface area contributed by atoms with Gasteiger partial charge in [-0.15, -0.1) is 11.3 Å². The first-order chi connectivity index (χ1) is 9.16. The van der Waals surface area contributed by atoms with Crippen molar-refractivity contribution in [1.82, 2.24) is 16.2 Å². The molecule has 1 aromatic heterocycles. The number of thiophene rings is 1. The third kappa shape index (κ3) is 3.78. The normalized spacial score (nSPS) is 15.2. The third-order valence-electron chi connectivity index (χ3n) is 2.88. The summed E-state index contributed by atoms with van der Waals surface area (Å²) in [6, 6.07) is 3.99. The van der Waals surface area contributed by atoms with Crippen LogP contribution in [0.25, 0.3) is 0 Å². The first kappa shape index (κ1) is 13.5. The molecule has 1 aliphatic rings. The maximum absolute atomic E-state index is 11.6. The molecule has 0 spiro atoms. The highest BCUT2D eigenvalue weighted by Crippen LogP contribution is 2.11. The van der Waals surface area contributed by atoms with Gasteiger partial charge in [-0.25, -0.2) is 0 Å². The molecule has 0 radical (unpaired) electrons. The van der Waals surface area contributed by atoms with Crippen LogP contribution in [-0.4, -0.2) is 24.3 Å². The lowest BCUT2D eigenvalue weighted by Gasteiger charge is -2.05. The number of hydrogen-bond acceptors (Lipinski definition) is 4. The molecule has 3 amide bonds. The van der Waals surface area contributed by atoms with Gasteiger partial charge in [0.25, 0.3) is 11.8 Å². The molecule has 1 aromatic rings. The highest BCUT2D eigenvalue weighted by atomic mass is 32.1. The fourth-order valence-corrected chi connectivity index (χ4v) is 2.53. The van der Waals surface area contributed by atoms with E-state index in [9.17, 15) is 14.4 Å². The molecule has 102 valence electrons. The van der Waals surface area contributed by atoms with Crippen LogP contribution in [-0.2, 0) is 20.8 Å². The maximum Gasteiger partial charge on any atom is 0.251 e. The smallest absolute Gasteiger partial charge is 0.251 e. The van der Waals surface area contributed by atoms with E-state index in [4.69, 9.17) is 0 Å². The van der Waals surface area contributed by atoms with Crippen LogP contribution in [0.3, 0.4) is 0 Å². The quantitative estimate of drug-likeness (QED) is 0.640. The summed E-state index contributed by atoms with van der Waals surface area (Å²) in [6.45, 7) is 0.572. The molecule has 0 unspecified atom stereocenters. The molecule has 2 heterocycles. The van der Waals surface area contributed by atoms with E-state index in [0.717, 1.165) is 6.42 Å². The molecule has 6 nitrogen and oxygen atoms in total. The monoisotopic (exact) mass is 281 g/mol. The van der Waals surface area contributed by atoms with E-state index in [-0.39, 0.29) is 30.6 Å². The van der Waals surface area contributed by atoms with E-state index in [0.29, 0.717) is 6.54 Å². The Morgan fingerprint density at radius 3 is 2.68 bits per heavy atom. The lowest BCUT2D eigenvalue weighted by molar-refractivity contribution is -0.128. The minimum atomic E-state index is -0.747. The van der Waals surface area contributed by atoms with Crippen LogP contribution in [0.4, 0.5) is 0 Å². The molecule has 1 aliphatic heterocycles. The lowest BCUT2D eigenvalue weighted by atomic mass is 10.0. The summed E-state index contributed by atoms with van der Waals surface area (Å²) in [5.74, 6) is -1.61. The second-order valence-corrected chi connectivity index (χ2v) is 5.28. The lowest BCUT2D eigenvalue weighted by Crippen LogP contribution is -2.28. The van der Waals surface area contributed by atoms with Crippen molar-refractivity contribution in [1.29, 1.82) is 0 Å². The second kappa shape index (κ2) is 6.33. The van der Waals surface area contributed by atoms with Crippen molar-refractivity contribution in [3.8, 4) is 0 Å². The van der Waals surface area contributed by atoms with E-state index in [1.54, 1.807) is 11.3 Å². The van der Waals surface area contributed by atoms with Crippen LogP contribution < -0.4 is 16.2 Å². The van der Waals surface area contributed by atoms with Crippen molar-refractivity contribution in [2.45, 2.75) is 19.3 Å². The van der Waals surface area contributed by atoms with Gasteiger partial charge in [-0.1, -0.05) is 6.07 Å². The first-order valence-corrected chi connectivity index (χ1v) is 6.93. The van der Waals surface area contributed by atoms with Gasteiger partial charge in [0.15, 0.2) is 0 Å². The standard InChI is InChI=1S/C12H15N3O3S/c16-10(13-6-5-8-2-1-7-19-8)4-3-9-11(17)14-15-12(9)18/h1-2,7,9H,3-6H2,(H,13,16)(H,14,17)(H,15,18). The van der Waals surface area contributed by atoms with Crippen molar-refractivity contribution >= 4 is 29.1 Å². The fraction of sp³-hybridized carbons (Fsp3) is 0.417. The average Bonchev–Trinajstić information content (AvgIpc) is 2.99. The van der Waals surface area contributed by atoms with Gasteiger partial charge in [0.05, 0.1) is 0 Å². The number of carbonyl (C=O) groups excluding carboxylic acids is 3. The maximum atomic E-state index is 11.6. The van der Waals surface area contributed by atoms with E-state index >= 15 is 0 Å². The molecule has 2 rings (SSSR count). The SMILES string of the molecule is O=C(CCC1C(=O)NNC1=O)NCCc1cccs1. The number of nitrogens with one attached hydrogen (secondary N) is 3. The Hall–Kier alpha value is -1.89. The summed E-state index contributed by atoms with van der Waals surface area (Å²) in [4.78, 5) is 35.3. The number of amides is 3. The van der Waals surface area contributed by atoms with Gasteiger partial charge < -0.3 is 5.32 Å². The Morgan fingerprint density at radius 1 is 1.32 bits per heavy atom. The Labute approximate surface area is 114 Å². The summed E-state index contributed by atoms with van der Waals surface area (Å²) < 4.78 is 0. The molecule has 0 atom stereocenters. The predicted molar refractivity (Wildman–Crippen MR) is 70.0 cm³/mol. The number of hydrazine groups is 1. The number of rotatable bonds is 6. The number of carbonyl (C=O) groups is 3. The Morgan fingerprint density at radius 2 is 2.05 bits per heavy atom. The minimum absolute atomic E-state index is 0.135. The first-order valence-electron chi connectivity index (χ1n) is 6.05. The van der Waals surface area contributed by atoms with Crippen molar-refractivity contribution in [2.75, 3.05) is 6.54 Å². The summed E-state index contributed by atoms with van der Waals surface area (Å²) in [5, 5.41) is 4.77. The molecule has 0 aromatic carbocycles. The Bertz CT molecular complexity index is 457. The summed E-state index contributed by atoms with van der Waals surface area (Å²) in [5.41, 5.74) is 4.47. The van der Waals surface area contributed by atoms with Crippen LogP contribution in [0.2, 0.25) is 0 Å². The van der Waals surface area contributed by atoms with Gasteiger partial charge in [0.1, 0.15) is 5.92 Å². The molecule has 0 saturated carbocycles. The minimum Gasteiger partial charge on any atom is -0.356 e. The molecule has 1 fully saturated rings. The predicted octanol–water partition coefficient (Wildman–Crippen LogP) is -0.0358. The highest BCUT2D eigenvalue weighted by molar-refractivity contribution is 7.09.